The van der Waals surface area contributed by atoms with Crippen molar-refractivity contribution in [1.82, 2.24) is 0 Å². The Labute approximate surface area is 493 Å². The van der Waals surface area contributed by atoms with Crippen molar-refractivity contribution in [2.75, 3.05) is 14.7 Å². The van der Waals surface area contributed by atoms with Crippen molar-refractivity contribution >= 4 is 100 Å². The molecule has 0 N–H and O–H groups in total. The van der Waals surface area contributed by atoms with Crippen LogP contribution < -0.4 is 31.1 Å². The Morgan fingerprint density at radius 1 is 0.512 bits per heavy atom. The maximum absolute atomic E-state index is 2.99. The predicted octanol–water partition coefficient (Wildman–Crippen LogP) is 19.9. The molecular formula is C77H82BN3S. The normalized spacial score (nSPS) is 22.0. The average Bonchev–Trinajstić information content (AvgIpc) is 1.49. The lowest BCUT2D eigenvalue weighted by Gasteiger charge is -2.53. The van der Waals surface area contributed by atoms with Crippen molar-refractivity contribution in [2.45, 2.75) is 186 Å². The SMILES string of the molecule is Cc1cc2c3c(c1)N1c4c(cc5c(c4B3c3ccc(N(c4ccc(C(C)(C)C)cc4)c4cccc6sc7ccccc7c46)cc3N2c2cc3c(cc2-c2ccccc2)C(C)(C)CCC3(C)C)C(C)(C)CCC5(C)C)C2(C)CCCCC12C. The number of fused-ring (bicyclic) bond motifs is 13. The molecule has 1 saturated carbocycles. The van der Waals surface area contributed by atoms with Crippen molar-refractivity contribution in [3.63, 3.8) is 0 Å². The molecule has 6 aliphatic rings. The van der Waals surface area contributed by atoms with Gasteiger partial charge in [0, 0.05) is 65.3 Å². The molecule has 0 spiro atoms. The molecule has 8 aromatic carbocycles. The summed E-state index contributed by atoms with van der Waals surface area (Å²) in [5.41, 5.74) is 27.8. The van der Waals surface area contributed by atoms with E-state index in [-0.39, 0.29) is 44.7 Å². The number of aryl methyl sites for hydroxylation is 1. The maximum Gasteiger partial charge on any atom is 0.252 e. The standard InChI is InChI=1S/C77H82BN3S/c1-47-41-62-68-63(42-47)81-70-57(76(13)35-20-21-36-77(76,81)14)45-56-67(75(11,12)40-39-74(56,9)10)69(70)78(68)58-34-33-51(43-61(58)80(62)60-46-55-54(72(5,6)37-38-73(55,7)8)44-53(60)48-23-16-15-17-24-48)79(50-31-29-49(30-32-50)71(2,3)4)59-26-22-28-65-66(59)52-25-18-19-27-64(52)82-65/h15-19,22-34,41-46H,20-21,35-40H2,1-14H3. The average molecular weight is 1090 g/mol. The molecule has 4 heterocycles. The Morgan fingerprint density at radius 2 is 1.15 bits per heavy atom. The van der Waals surface area contributed by atoms with E-state index in [9.17, 15) is 0 Å². The second-order valence-corrected chi connectivity index (χ2v) is 31.3. The first-order chi connectivity index (χ1) is 38.9. The van der Waals surface area contributed by atoms with Gasteiger partial charge in [-0.1, -0.05) is 175 Å². The quantitative estimate of drug-likeness (QED) is 0.159. The van der Waals surface area contributed by atoms with Crippen LogP contribution in [-0.4, -0.2) is 12.3 Å². The van der Waals surface area contributed by atoms with Crippen LogP contribution in [0.3, 0.4) is 0 Å². The van der Waals surface area contributed by atoms with Crippen LogP contribution in [0.5, 0.6) is 0 Å². The van der Waals surface area contributed by atoms with E-state index < -0.39 is 0 Å². The molecule has 0 amide bonds. The van der Waals surface area contributed by atoms with Gasteiger partial charge in [-0.25, -0.2) is 0 Å². The van der Waals surface area contributed by atoms with Crippen LogP contribution in [0.15, 0.2) is 146 Å². The Bertz CT molecular complexity index is 4170. The smallest absolute Gasteiger partial charge is 0.252 e. The topological polar surface area (TPSA) is 9.72 Å². The summed E-state index contributed by atoms with van der Waals surface area (Å²) in [6.45, 7) is 35.0. The molecule has 414 valence electrons. The second-order valence-electron chi connectivity index (χ2n) is 30.2. The van der Waals surface area contributed by atoms with Gasteiger partial charge in [0.2, 0.25) is 0 Å². The third-order valence-electron chi connectivity index (χ3n) is 22.3. The molecule has 3 nitrogen and oxygen atoms in total. The highest BCUT2D eigenvalue weighted by Crippen LogP contribution is 2.64. The van der Waals surface area contributed by atoms with Crippen LogP contribution in [0, 0.1) is 6.92 Å². The summed E-state index contributed by atoms with van der Waals surface area (Å²) >= 11 is 1.90. The Hall–Kier alpha value is -6.56. The number of benzene rings is 8. The number of hydrogen-bond acceptors (Lipinski definition) is 4. The van der Waals surface area contributed by atoms with Gasteiger partial charge in [0.1, 0.15) is 0 Å². The lowest BCUT2D eigenvalue weighted by molar-refractivity contribution is 0.195. The lowest BCUT2D eigenvalue weighted by atomic mass is 9.31. The Morgan fingerprint density at radius 3 is 1.88 bits per heavy atom. The molecule has 9 aromatic rings. The molecule has 2 atom stereocenters. The van der Waals surface area contributed by atoms with Crippen molar-refractivity contribution in [2.24, 2.45) is 0 Å². The minimum Gasteiger partial charge on any atom is -0.335 e. The van der Waals surface area contributed by atoms with E-state index in [4.69, 9.17) is 0 Å². The third-order valence-corrected chi connectivity index (χ3v) is 23.4. The second kappa shape index (κ2) is 17.3. The minimum absolute atomic E-state index is 0.00816. The molecule has 3 aliphatic heterocycles. The predicted molar refractivity (Wildman–Crippen MR) is 356 cm³/mol. The van der Waals surface area contributed by atoms with Crippen LogP contribution in [0.4, 0.5) is 45.5 Å². The van der Waals surface area contributed by atoms with Gasteiger partial charge >= 0.3 is 0 Å². The Balaban J connectivity index is 1.10. The fourth-order valence-electron chi connectivity index (χ4n) is 17.2. The van der Waals surface area contributed by atoms with Gasteiger partial charge in [0.15, 0.2) is 0 Å². The van der Waals surface area contributed by atoms with Crippen LogP contribution in [-0.2, 0) is 32.5 Å². The van der Waals surface area contributed by atoms with Crippen LogP contribution in [0.2, 0.25) is 0 Å². The first-order valence-corrected chi connectivity index (χ1v) is 31.9. The van der Waals surface area contributed by atoms with Crippen molar-refractivity contribution < 1.29 is 0 Å². The highest BCUT2D eigenvalue weighted by Gasteiger charge is 2.63. The molecule has 82 heavy (non-hydrogen) atoms. The van der Waals surface area contributed by atoms with E-state index >= 15 is 0 Å². The summed E-state index contributed by atoms with van der Waals surface area (Å²) in [6.07, 6.45) is 9.58. The molecular weight excluding hydrogens is 1010 g/mol. The van der Waals surface area contributed by atoms with Crippen LogP contribution in [0.1, 0.15) is 180 Å². The highest BCUT2D eigenvalue weighted by atomic mass is 32.1. The van der Waals surface area contributed by atoms with Crippen LogP contribution in [0.25, 0.3) is 31.3 Å². The zero-order valence-electron chi connectivity index (χ0n) is 51.3. The molecule has 0 bridgehead atoms. The summed E-state index contributed by atoms with van der Waals surface area (Å²) in [6, 6.07) is 58.0. The molecule has 15 rings (SSSR count). The van der Waals surface area contributed by atoms with E-state index in [0.717, 1.165) is 24.2 Å². The van der Waals surface area contributed by atoms with Crippen LogP contribution >= 0.6 is 11.3 Å². The largest absolute Gasteiger partial charge is 0.335 e. The number of anilines is 8. The molecule has 3 aliphatic carbocycles. The van der Waals surface area contributed by atoms with Gasteiger partial charge in [0.25, 0.3) is 6.71 Å². The Kier molecular flexibility index (Phi) is 11.0. The molecule has 0 saturated heterocycles. The van der Waals surface area contributed by atoms with Gasteiger partial charge < -0.3 is 14.7 Å². The maximum atomic E-state index is 2.99. The summed E-state index contributed by atoms with van der Waals surface area (Å²) in [7, 11) is 0. The minimum atomic E-state index is -0.0887. The van der Waals surface area contributed by atoms with E-state index in [1.54, 1.807) is 22.2 Å². The lowest BCUT2D eigenvalue weighted by Crippen LogP contribution is -2.66. The summed E-state index contributed by atoms with van der Waals surface area (Å²) in [5, 5.41) is 2.61. The van der Waals surface area contributed by atoms with Crippen molar-refractivity contribution in [1.29, 1.82) is 0 Å². The van der Waals surface area contributed by atoms with E-state index in [2.05, 4.69) is 257 Å². The van der Waals surface area contributed by atoms with Gasteiger partial charge in [-0.05, 0) is 207 Å². The summed E-state index contributed by atoms with van der Waals surface area (Å²) in [5.74, 6) is 0. The molecule has 1 fully saturated rings. The molecule has 2 unspecified atom stereocenters. The molecule has 1 aromatic heterocycles. The number of thiophene rings is 1. The third kappa shape index (κ3) is 7.20. The van der Waals surface area contributed by atoms with Gasteiger partial charge in [-0.2, -0.15) is 0 Å². The first kappa shape index (κ1) is 52.3. The molecule has 5 heteroatoms. The van der Waals surface area contributed by atoms with Gasteiger partial charge in [-0.15, -0.1) is 11.3 Å². The number of hydrogen-bond donors (Lipinski definition) is 0. The monoisotopic (exact) mass is 1090 g/mol. The summed E-state index contributed by atoms with van der Waals surface area (Å²) in [4.78, 5) is 8.39. The zero-order valence-corrected chi connectivity index (χ0v) is 52.2. The molecule has 0 radical (unpaired) electrons. The van der Waals surface area contributed by atoms with Gasteiger partial charge in [0.05, 0.1) is 16.9 Å². The summed E-state index contributed by atoms with van der Waals surface area (Å²) < 4.78 is 2.62. The number of nitrogens with zero attached hydrogens (tertiary/aromatic N) is 3. The highest BCUT2D eigenvalue weighted by molar-refractivity contribution is 7.26. The van der Waals surface area contributed by atoms with Crippen molar-refractivity contribution in [3.05, 3.63) is 185 Å². The number of rotatable bonds is 5. The zero-order chi connectivity index (χ0) is 57.0. The van der Waals surface area contributed by atoms with Crippen molar-refractivity contribution in [3.8, 4) is 11.1 Å². The van der Waals surface area contributed by atoms with E-state index in [0.29, 0.717) is 0 Å². The van der Waals surface area contributed by atoms with E-state index in [1.807, 2.05) is 11.3 Å². The van der Waals surface area contributed by atoms with E-state index in [1.165, 1.54) is 137 Å². The first-order valence-electron chi connectivity index (χ1n) is 31.1. The fraction of sp³-hybridized carbons (Fsp3) is 0.377. The van der Waals surface area contributed by atoms with Gasteiger partial charge in [-0.3, -0.25) is 0 Å². The fourth-order valence-corrected chi connectivity index (χ4v) is 18.3.